The van der Waals surface area contributed by atoms with E-state index in [0.717, 1.165) is 0 Å². The average molecular weight is 329 g/mol. The van der Waals surface area contributed by atoms with E-state index in [4.69, 9.17) is 4.74 Å². The number of nitro benzene ring substituents is 1. The molecule has 2 N–H and O–H groups in total. The molecule has 0 atom stereocenters. The van der Waals surface area contributed by atoms with Crippen molar-refractivity contribution in [3.8, 4) is 5.75 Å². The van der Waals surface area contributed by atoms with Crippen LogP contribution in [-0.2, 0) is 9.59 Å². The number of para-hydroxylation sites is 2. The number of benzene rings is 2. The molecule has 0 saturated carbocycles. The monoisotopic (exact) mass is 329 g/mol. The normalized spacial score (nSPS) is 9.88. The minimum atomic E-state index is -0.546. The van der Waals surface area contributed by atoms with Crippen LogP contribution in [0.2, 0.25) is 0 Å². The number of nitro groups is 1. The number of amides is 2. The Morgan fingerprint density at radius 2 is 1.88 bits per heavy atom. The van der Waals surface area contributed by atoms with E-state index in [1.807, 2.05) is 0 Å². The lowest BCUT2D eigenvalue weighted by Gasteiger charge is -2.11. The first-order chi connectivity index (χ1) is 11.5. The summed E-state index contributed by atoms with van der Waals surface area (Å²) in [5, 5.41) is 15.8. The first-order valence-electron chi connectivity index (χ1n) is 6.99. The van der Waals surface area contributed by atoms with E-state index in [9.17, 15) is 19.7 Å². The van der Waals surface area contributed by atoms with Crippen LogP contribution in [0.15, 0.2) is 48.5 Å². The van der Waals surface area contributed by atoms with Crippen molar-refractivity contribution < 1.29 is 19.2 Å². The van der Waals surface area contributed by atoms with E-state index in [1.54, 1.807) is 24.3 Å². The Labute approximate surface area is 137 Å². The van der Waals surface area contributed by atoms with E-state index >= 15 is 0 Å². The van der Waals surface area contributed by atoms with Crippen LogP contribution in [0, 0.1) is 10.1 Å². The zero-order valence-electron chi connectivity index (χ0n) is 12.8. The molecule has 0 aromatic heterocycles. The second-order valence-electron chi connectivity index (χ2n) is 4.82. The van der Waals surface area contributed by atoms with Gasteiger partial charge in [-0.25, -0.2) is 0 Å². The summed E-state index contributed by atoms with van der Waals surface area (Å²) in [6, 6.07) is 12.3. The van der Waals surface area contributed by atoms with Crippen molar-refractivity contribution >= 4 is 28.9 Å². The Balaban J connectivity index is 1.98. The van der Waals surface area contributed by atoms with Crippen LogP contribution in [0.4, 0.5) is 17.1 Å². The van der Waals surface area contributed by atoms with Crippen LogP contribution in [0.1, 0.15) is 6.92 Å². The van der Waals surface area contributed by atoms with Gasteiger partial charge in [-0.2, -0.15) is 0 Å². The summed E-state index contributed by atoms with van der Waals surface area (Å²) < 4.78 is 5.39. The number of anilines is 2. The van der Waals surface area contributed by atoms with Crippen LogP contribution >= 0.6 is 0 Å². The van der Waals surface area contributed by atoms with Gasteiger partial charge in [0.15, 0.2) is 6.61 Å². The van der Waals surface area contributed by atoms with E-state index in [-0.39, 0.29) is 18.2 Å². The molecule has 8 heteroatoms. The summed E-state index contributed by atoms with van der Waals surface area (Å²) in [5.41, 5.74) is 0.630. The second-order valence-corrected chi connectivity index (χ2v) is 4.82. The van der Waals surface area contributed by atoms with Gasteiger partial charge in [0.1, 0.15) is 5.75 Å². The molecule has 0 aliphatic heterocycles. The third-order valence-electron chi connectivity index (χ3n) is 2.90. The Morgan fingerprint density at radius 1 is 1.12 bits per heavy atom. The van der Waals surface area contributed by atoms with Gasteiger partial charge in [0.2, 0.25) is 5.91 Å². The lowest BCUT2D eigenvalue weighted by molar-refractivity contribution is -0.384. The van der Waals surface area contributed by atoms with Gasteiger partial charge in [-0.15, -0.1) is 0 Å². The molecule has 8 nitrogen and oxygen atoms in total. The van der Waals surface area contributed by atoms with Gasteiger partial charge >= 0.3 is 0 Å². The van der Waals surface area contributed by atoms with Crippen molar-refractivity contribution in [2.75, 3.05) is 17.2 Å². The van der Waals surface area contributed by atoms with Crippen LogP contribution in [-0.4, -0.2) is 23.3 Å². The average Bonchev–Trinajstić information content (AvgIpc) is 2.53. The highest BCUT2D eigenvalue weighted by atomic mass is 16.6. The van der Waals surface area contributed by atoms with Crippen molar-refractivity contribution in [3.05, 3.63) is 58.6 Å². The van der Waals surface area contributed by atoms with Gasteiger partial charge in [0, 0.05) is 24.7 Å². The number of hydrogen-bond acceptors (Lipinski definition) is 5. The highest BCUT2D eigenvalue weighted by Crippen LogP contribution is 2.23. The predicted octanol–water partition coefficient (Wildman–Crippen LogP) is 2.57. The number of carbonyl (C=O) groups excluding carboxylic acids is 2. The van der Waals surface area contributed by atoms with Crippen molar-refractivity contribution in [2.45, 2.75) is 6.92 Å². The number of non-ortho nitro benzene ring substituents is 1. The number of rotatable bonds is 6. The summed E-state index contributed by atoms with van der Waals surface area (Å²) in [6.45, 7) is 1.06. The predicted molar refractivity (Wildman–Crippen MR) is 88.0 cm³/mol. The van der Waals surface area contributed by atoms with E-state index in [0.29, 0.717) is 17.1 Å². The summed E-state index contributed by atoms with van der Waals surface area (Å²) >= 11 is 0. The van der Waals surface area contributed by atoms with Gasteiger partial charge in [0.25, 0.3) is 11.6 Å². The SMILES string of the molecule is CC(=O)Nc1ccccc1OCC(=O)Nc1cccc([N+](=O)[O-])c1. The maximum absolute atomic E-state index is 11.9. The smallest absolute Gasteiger partial charge is 0.271 e. The Hall–Kier alpha value is -3.42. The van der Waals surface area contributed by atoms with Gasteiger partial charge in [0.05, 0.1) is 10.6 Å². The highest BCUT2D eigenvalue weighted by molar-refractivity contribution is 5.93. The summed E-state index contributed by atoms with van der Waals surface area (Å²) in [4.78, 5) is 33.2. The maximum atomic E-state index is 11.9. The fourth-order valence-electron chi connectivity index (χ4n) is 1.92. The number of nitrogens with one attached hydrogen (secondary N) is 2. The summed E-state index contributed by atoms with van der Waals surface area (Å²) in [5.74, 6) is -0.387. The van der Waals surface area contributed by atoms with Gasteiger partial charge in [-0.3, -0.25) is 19.7 Å². The van der Waals surface area contributed by atoms with Crippen molar-refractivity contribution in [1.82, 2.24) is 0 Å². The standard InChI is InChI=1S/C16H15N3O5/c1-11(20)17-14-7-2-3-8-15(14)24-10-16(21)18-12-5-4-6-13(9-12)19(22)23/h2-9H,10H2,1H3,(H,17,20)(H,18,21). The van der Waals surface area contributed by atoms with Gasteiger partial charge in [-0.05, 0) is 18.2 Å². The fourth-order valence-corrected chi connectivity index (χ4v) is 1.92. The van der Waals surface area contributed by atoms with Crippen LogP contribution in [0.5, 0.6) is 5.75 Å². The molecule has 0 heterocycles. The lowest BCUT2D eigenvalue weighted by Crippen LogP contribution is -2.20. The molecule has 2 amide bonds. The molecular weight excluding hydrogens is 314 g/mol. The maximum Gasteiger partial charge on any atom is 0.271 e. The highest BCUT2D eigenvalue weighted by Gasteiger charge is 2.10. The quantitative estimate of drug-likeness (QED) is 0.625. The topological polar surface area (TPSA) is 111 Å². The Kier molecular flexibility index (Phi) is 5.45. The number of ether oxygens (including phenoxy) is 1. The zero-order chi connectivity index (χ0) is 17.5. The van der Waals surface area contributed by atoms with Crippen molar-refractivity contribution in [2.24, 2.45) is 0 Å². The molecule has 0 radical (unpaired) electrons. The first kappa shape index (κ1) is 16.9. The fraction of sp³-hybridized carbons (Fsp3) is 0.125. The molecule has 0 spiro atoms. The molecule has 2 aromatic carbocycles. The van der Waals surface area contributed by atoms with Crippen LogP contribution in [0.25, 0.3) is 0 Å². The zero-order valence-corrected chi connectivity index (χ0v) is 12.8. The van der Waals surface area contributed by atoms with Gasteiger partial charge < -0.3 is 15.4 Å². The Bertz CT molecular complexity index is 776. The number of hydrogen-bond donors (Lipinski definition) is 2. The third kappa shape index (κ3) is 4.80. The number of nitrogens with zero attached hydrogens (tertiary/aromatic N) is 1. The molecule has 2 rings (SSSR count). The molecule has 2 aromatic rings. The van der Waals surface area contributed by atoms with Crippen LogP contribution < -0.4 is 15.4 Å². The van der Waals surface area contributed by atoms with Crippen LogP contribution in [0.3, 0.4) is 0 Å². The molecule has 0 bridgehead atoms. The largest absolute Gasteiger partial charge is 0.482 e. The third-order valence-corrected chi connectivity index (χ3v) is 2.90. The first-order valence-corrected chi connectivity index (χ1v) is 6.99. The van der Waals surface area contributed by atoms with Gasteiger partial charge in [-0.1, -0.05) is 18.2 Å². The summed E-state index contributed by atoms with van der Waals surface area (Å²) in [6.07, 6.45) is 0. The molecule has 24 heavy (non-hydrogen) atoms. The molecule has 0 saturated heterocycles. The molecule has 0 aliphatic rings. The lowest BCUT2D eigenvalue weighted by atomic mass is 10.3. The molecule has 0 unspecified atom stereocenters. The minimum absolute atomic E-state index is 0.121. The molecule has 0 aliphatic carbocycles. The minimum Gasteiger partial charge on any atom is -0.482 e. The van der Waals surface area contributed by atoms with E-state index < -0.39 is 10.8 Å². The molecule has 124 valence electrons. The Morgan fingerprint density at radius 3 is 2.58 bits per heavy atom. The van der Waals surface area contributed by atoms with E-state index in [2.05, 4.69) is 10.6 Å². The summed E-state index contributed by atoms with van der Waals surface area (Å²) in [7, 11) is 0. The van der Waals surface area contributed by atoms with Crippen molar-refractivity contribution in [1.29, 1.82) is 0 Å². The molecular formula is C16H15N3O5. The van der Waals surface area contributed by atoms with Crippen molar-refractivity contribution in [3.63, 3.8) is 0 Å². The van der Waals surface area contributed by atoms with E-state index in [1.165, 1.54) is 31.2 Å². The molecule has 0 fully saturated rings. The second kappa shape index (κ2) is 7.73. The number of carbonyl (C=O) groups is 2.